The Kier molecular flexibility index (Phi) is 16.2. The molecule has 1 aromatic carbocycles. The minimum Gasteiger partial charge on any atom is -0.491 e. The van der Waals surface area contributed by atoms with Gasteiger partial charge in [-0.05, 0) is 24.6 Å². The van der Waals surface area contributed by atoms with Crippen molar-refractivity contribution >= 4 is 40.9 Å². The number of methoxy groups -OCH3 is 1. The van der Waals surface area contributed by atoms with E-state index in [0.717, 1.165) is 24.2 Å². The molecule has 248 valence electrons. The average molecular weight is 636 g/mol. The Labute approximate surface area is 269 Å². The number of unbranched alkanes of at least 4 members (excludes halogenated alkanes) is 13. The molecule has 1 aliphatic rings. The number of halogens is 1. The summed E-state index contributed by atoms with van der Waals surface area (Å²) < 4.78 is 11.1. The topological polar surface area (TPSA) is 105 Å². The molecule has 2 atom stereocenters. The van der Waals surface area contributed by atoms with Crippen LogP contribution in [0.4, 0.5) is 10.5 Å². The van der Waals surface area contributed by atoms with Crippen molar-refractivity contribution in [3.8, 4) is 5.75 Å². The zero-order valence-corrected chi connectivity index (χ0v) is 28.5. The Balaban J connectivity index is 1.89. The summed E-state index contributed by atoms with van der Waals surface area (Å²) in [6.07, 6.45) is 16.5. The molecule has 0 bridgehead atoms. The summed E-state index contributed by atoms with van der Waals surface area (Å²) in [5.41, 5.74) is -0.760. The van der Waals surface area contributed by atoms with Crippen LogP contribution in [0, 0.1) is 5.41 Å². The number of hydrogen-bond acceptors (Lipinski definition) is 6. The van der Waals surface area contributed by atoms with Gasteiger partial charge in [-0.15, -0.1) is 0 Å². The lowest BCUT2D eigenvalue weighted by Gasteiger charge is -2.29. The molecule has 10 heteroatoms. The number of nitrogens with one attached hydrogen (secondary N) is 1. The van der Waals surface area contributed by atoms with E-state index >= 15 is 0 Å². The molecule has 0 saturated carbocycles. The highest BCUT2D eigenvalue weighted by atomic mass is 35.5. The summed E-state index contributed by atoms with van der Waals surface area (Å²) in [6, 6.07) is 2.34. The quantitative estimate of drug-likeness (QED) is 0.0834. The van der Waals surface area contributed by atoms with Gasteiger partial charge in [0, 0.05) is 24.6 Å². The summed E-state index contributed by atoms with van der Waals surface area (Å²) in [7, 11) is 2.66. The molecule has 1 fully saturated rings. The van der Waals surface area contributed by atoms with Crippen LogP contribution in [0.1, 0.15) is 118 Å². The second-order valence-electron chi connectivity index (χ2n) is 12.8. The van der Waals surface area contributed by atoms with Crippen LogP contribution in [-0.4, -0.2) is 66.5 Å². The highest BCUT2D eigenvalue weighted by Gasteiger charge is 2.52. The van der Waals surface area contributed by atoms with E-state index in [9.17, 15) is 19.2 Å². The molecule has 1 N–H and O–H groups in total. The van der Waals surface area contributed by atoms with Crippen molar-refractivity contribution in [3.05, 3.63) is 23.2 Å². The molecule has 44 heavy (non-hydrogen) atoms. The van der Waals surface area contributed by atoms with E-state index in [1.165, 1.54) is 90.9 Å². The first-order chi connectivity index (χ1) is 20.9. The van der Waals surface area contributed by atoms with Crippen LogP contribution >= 0.6 is 11.6 Å². The van der Waals surface area contributed by atoms with Gasteiger partial charge in [0.1, 0.15) is 5.75 Å². The molecular weight excluding hydrogens is 582 g/mol. The van der Waals surface area contributed by atoms with E-state index in [0.29, 0.717) is 22.3 Å². The van der Waals surface area contributed by atoms with Crippen LogP contribution in [0.25, 0.3) is 0 Å². The van der Waals surface area contributed by atoms with Gasteiger partial charge in [-0.25, -0.2) is 9.69 Å². The molecule has 1 saturated heterocycles. The number of benzene rings is 1. The third-order valence-corrected chi connectivity index (χ3v) is 8.22. The van der Waals surface area contributed by atoms with E-state index in [-0.39, 0.29) is 5.69 Å². The number of rotatable bonds is 21. The average Bonchev–Trinajstić information content (AvgIpc) is 3.18. The molecule has 2 rings (SSSR count). The number of nitrogens with zero attached hydrogens (tertiary/aromatic N) is 2. The van der Waals surface area contributed by atoms with Gasteiger partial charge >= 0.3 is 6.03 Å². The maximum absolute atomic E-state index is 13.6. The smallest absolute Gasteiger partial charge is 0.330 e. The first kappa shape index (κ1) is 37.5. The number of urea groups is 1. The minimum absolute atomic E-state index is 0.260. The van der Waals surface area contributed by atoms with Crippen LogP contribution in [0.2, 0.25) is 5.02 Å². The van der Waals surface area contributed by atoms with E-state index in [1.54, 1.807) is 32.9 Å². The second kappa shape index (κ2) is 19.0. The summed E-state index contributed by atoms with van der Waals surface area (Å²) in [4.78, 5) is 54.8. The van der Waals surface area contributed by atoms with Crippen LogP contribution in [-0.2, 0) is 19.1 Å². The Morgan fingerprint density at radius 3 is 1.91 bits per heavy atom. The number of amides is 4. The zero-order chi connectivity index (χ0) is 32.7. The fourth-order valence-electron chi connectivity index (χ4n) is 5.32. The Morgan fingerprint density at radius 1 is 0.909 bits per heavy atom. The number of Topliss-reactive ketones (excluding diaryl/α,β-unsaturated/α-hetero) is 1. The first-order valence-electron chi connectivity index (χ1n) is 16.3. The summed E-state index contributed by atoms with van der Waals surface area (Å²) in [5.74, 6) is -1.81. The highest BCUT2D eigenvalue weighted by Crippen LogP contribution is 2.31. The number of anilines is 1. The van der Waals surface area contributed by atoms with E-state index in [1.807, 2.05) is 0 Å². The van der Waals surface area contributed by atoms with Gasteiger partial charge in [-0.3, -0.25) is 19.3 Å². The lowest BCUT2D eigenvalue weighted by Crippen LogP contribution is -2.55. The molecule has 2 unspecified atom stereocenters. The minimum atomic E-state index is -1.70. The largest absolute Gasteiger partial charge is 0.491 e. The first-order valence-corrected chi connectivity index (χ1v) is 16.7. The fraction of sp³-hybridized carbons (Fsp3) is 0.706. The number of likely N-dealkylation sites (N-methyl/N-ethyl adjacent to an activating group) is 1. The Bertz CT molecular complexity index is 1090. The van der Waals surface area contributed by atoms with Gasteiger partial charge in [0.2, 0.25) is 6.23 Å². The number of ether oxygens (including phenoxy) is 2. The van der Waals surface area contributed by atoms with Crippen molar-refractivity contribution in [1.29, 1.82) is 0 Å². The number of imide groups is 1. The maximum Gasteiger partial charge on any atom is 0.330 e. The van der Waals surface area contributed by atoms with E-state index in [2.05, 4.69) is 12.2 Å². The molecule has 9 nitrogen and oxygen atoms in total. The predicted octanol–water partition coefficient (Wildman–Crippen LogP) is 7.99. The van der Waals surface area contributed by atoms with Crippen LogP contribution < -0.4 is 10.1 Å². The van der Waals surface area contributed by atoms with Crippen molar-refractivity contribution in [1.82, 2.24) is 9.80 Å². The zero-order valence-electron chi connectivity index (χ0n) is 27.7. The van der Waals surface area contributed by atoms with Crippen molar-refractivity contribution < 1.29 is 28.7 Å². The van der Waals surface area contributed by atoms with Gasteiger partial charge in [-0.2, -0.15) is 0 Å². The molecule has 0 aromatic heterocycles. The van der Waals surface area contributed by atoms with Gasteiger partial charge in [0.15, 0.2) is 11.8 Å². The third kappa shape index (κ3) is 11.4. The molecule has 0 spiro atoms. The Morgan fingerprint density at radius 2 is 1.43 bits per heavy atom. The summed E-state index contributed by atoms with van der Waals surface area (Å²) >= 11 is 6.23. The van der Waals surface area contributed by atoms with Crippen LogP contribution in [0.5, 0.6) is 5.75 Å². The third-order valence-electron chi connectivity index (χ3n) is 7.98. The van der Waals surface area contributed by atoms with E-state index in [4.69, 9.17) is 21.1 Å². The van der Waals surface area contributed by atoms with Gasteiger partial charge in [0.05, 0.1) is 12.3 Å². The molecule has 1 aliphatic heterocycles. The number of ketones is 1. The number of carbonyl (C=O) groups excluding carboxylic acids is 4. The predicted molar refractivity (Wildman–Crippen MR) is 175 cm³/mol. The SMILES string of the molecule is CCCCCCCCCCCCCCCCOc1ccc(Cl)cc1NC(=O)C(C(=O)C(C)(C)C)N1C(=O)C(OC)N(C)C1=O. The van der Waals surface area contributed by atoms with Crippen molar-refractivity contribution in [3.63, 3.8) is 0 Å². The lowest BCUT2D eigenvalue weighted by molar-refractivity contribution is -0.148. The molecular formula is C34H54ClN3O6. The maximum atomic E-state index is 13.6. The monoisotopic (exact) mass is 635 g/mol. The standard InChI is InChI=1S/C34H54ClN3O6/c1-7-8-9-10-11-12-13-14-15-16-17-18-19-20-23-44-27-22-21-25(35)24-26(27)36-30(40)28(29(39)34(2,3)4)38-31(41)32(43-6)37(5)33(38)42/h21-22,24,28,32H,7-20,23H2,1-6H3,(H,36,40). The van der Waals surface area contributed by atoms with E-state index < -0.39 is 41.3 Å². The molecule has 1 heterocycles. The molecule has 1 aromatic rings. The van der Waals surface area contributed by atoms with Gasteiger partial charge in [-0.1, -0.05) is 123 Å². The number of hydrogen-bond donors (Lipinski definition) is 1. The van der Waals surface area contributed by atoms with Gasteiger partial charge < -0.3 is 14.8 Å². The van der Waals surface area contributed by atoms with Crippen LogP contribution in [0.15, 0.2) is 18.2 Å². The molecule has 4 amide bonds. The Hall–Kier alpha value is -2.65. The van der Waals surface area contributed by atoms with Crippen LogP contribution in [0.3, 0.4) is 0 Å². The summed E-state index contributed by atoms with van der Waals surface area (Å²) in [5, 5.41) is 3.05. The number of carbonyl (C=O) groups is 4. The molecule has 0 radical (unpaired) electrons. The molecule has 0 aliphatic carbocycles. The summed E-state index contributed by atoms with van der Waals surface area (Å²) in [6.45, 7) is 7.59. The lowest BCUT2D eigenvalue weighted by atomic mass is 9.85. The normalized spacial score (nSPS) is 16.0. The van der Waals surface area contributed by atoms with Crippen molar-refractivity contribution in [2.75, 3.05) is 26.1 Å². The van der Waals surface area contributed by atoms with Gasteiger partial charge in [0.25, 0.3) is 11.8 Å². The second-order valence-corrected chi connectivity index (χ2v) is 13.2. The van der Waals surface area contributed by atoms with Crippen molar-refractivity contribution in [2.45, 2.75) is 130 Å². The van der Waals surface area contributed by atoms with Crippen molar-refractivity contribution in [2.24, 2.45) is 5.41 Å². The fourth-order valence-corrected chi connectivity index (χ4v) is 5.49. The highest BCUT2D eigenvalue weighted by molar-refractivity contribution is 6.31.